The number of methoxy groups -OCH3 is 1. The molecule has 2 nitrogen and oxygen atoms in total. The second-order valence-electron chi connectivity index (χ2n) is 2.50. The number of esters is 1. The Balaban J connectivity index is 0.000000810. The Morgan fingerprint density at radius 3 is 2.30 bits per heavy atom. The van der Waals surface area contributed by atoms with E-state index < -0.39 is 0 Å². The first kappa shape index (κ1) is 10.7. The monoisotopic (exact) mass is 170 g/mol. The van der Waals surface area contributed by atoms with Gasteiger partial charge in [-0.2, -0.15) is 0 Å². The Bertz CT molecular complexity index is 108. The van der Waals surface area contributed by atoms with Crippen LogP contribution in [0.2, 0.25) is 0 Å². The molecule has 0 saturated heterocycles. The summed E-state index contributed by atoms with van der Waals surface area (Å²) in [5.74, 6) is 0.197. The van der Waals surface area contributed by atoms with Crippen LogP contribution in [0.4, 0.5) is 0 Å². The number of carbonyl (C=O) groups excluding carboxylic acids is 1. The third-order valence-corrected chi connectivity index (χ3v) is 1.89. The van der Waals surface area contributed by atoms with Crippen molar-refractivity contribution in [3.8, 4) is 0 Å². The first-order valence-corrected chi connectivity index (χ1v) is 3.42. The van der Waals surface area contributed by atoms with Crippen molar-refractivity contribution >= 4 is 43.7 Å². The van der Waals surface area contributed by atoms with Gasteiger partial charge in [0.15, 0.2) is 0 Å². The molecule has 56 valence electrons. The van der Waals surface area contributed by atoms with Crippen molar-refractivity contribution in [1.82, 2.24) is 0 Å². The molecule has 1 saturated carbocycles. The molecule has 0 atom stereocenters. The van der Waals surface area contributed by atoms with Gasteiger partial charge in [0, 0.05) is 0 Å². The Hall–Kier alpha value is 0.730. The molecular formula is C7H14CaO2. The molecule has 0 amide bonds. The number of ether oxygens (including phenoxy) is 1. The normalized spacial score (nSPS) is 18.1. The first-order chi connectivity index (χ1) is 4.34. The van der Waals surface area contributed by atoms with Gasteiger partial charge < -0.3 is 4.74 Å². The minimum absolute atomic E-state index is 0. The van der Waals surface area contributed by atoms with E-state index in [1.807, 2.05) is 0 Å². The molecule has 0 aromatic carbocycles. The summed E-state index contributed by atoms with van der Waals surface area (Å²) >= 11 is 0. The summed E-state index contributed by atoms with van der Waals surface area (Å²) in [6.07, 6.45) is 4.46. The van der Waals surface area contributed by atoms with Gasteiger partial charge in [0.2, 0.25) is 0 Å². The van der Waals surface area contributed by atoms with Gasteiger partial charge in [-0.3, -0.25) is 4.79 Å². The van der Waals surface area contributed by atoms with Gasteiger partial charge in [-0.15, -0.1) is 0 Å². The molecule has 0 N–H and O–H groups in total. The van der Waals surface area contributed by atoms with E-state index in [4.69, 9.17) is 0 Å². The van der Waals surface area contributed by atoms with E-state index >= 15 is 0 Å². The fourth-order valence-corrected chi connectivity index (χ4v) is 1.33. The topological polar surface area (TPSA) is 26.3 Å². The molecule has 0 bridgehead atoms. The average molecular weight is 170 g/mol. The summed E-state index contributed by atoms with van der Waals surface area (Å²) in [4.78, 5) is 10.8. The molecule has 0 aromatic heterocycles. The van der Waals surface area contributed by atoms with Gasteiger partial charge in [0.1, 0.15) is 0 Å². The van der Waals surface area contributed by atoms with Crippen molar-refractivity contribution in [2.75, 3.05) is 7.11 Å². The molecule has 0 aromatic rings. The summed E-state index contributed by atoms with van der Waals surface area (Å²) in [6, 6.07) is 0. The second-order valence-corrected chi connectivity index (χ2v) is 2.50. The van der Waals surface area contributed by atoms with E-state index in [-0.39, 0.29) is 49.6 Å². The van der Waals surface area contributed by atoms with Crippen LogP contribution in [-0.4, -0.2) is 50.8 Å². The van der Waals surface area contributed by atoms with Crippen LogP contribution < -0.4 is 0 Å². The number of carbonyl (C=O) groups is 1. The van der Waals surface area contributed by atoms with Gasteiger partial charge >= 0.3 is 43.7 Å². The second kappa shape index (κ2) is 5.39. The number of hydrogen-bond acceptors (Lipinski definition) is 2. The van der Waals surface area contributed by atoms with Crippen LogP contribution in [0.5, 0.6) is 0 Å². The van der Waals surface area contributed by atoms with E-state index in [1.165, 1.54) is 20.0 Å². The fourth-order valence-electron chi connectivity index (χ4n) is 1.33. The van der Waals surface area contributed by atoms with Crippen LogP contribution in [0.15, 0.2) is 0 Å². The molecule has 0 radical (unpaired) electrons. The van der Waals surface area contributed by atoms with Crippen molar-refractivity contribution in [3.05, 3.63) is 0 Å². The van der Waals surface area contributed by atoms with Crippen LogP contribution in [0.3, 0.4) is 0 Å². The standard InChI is InChI=1S/C7H12O2.Ca.2H/c1-9-7(8)6-4-2-3-5-6;;;/h6H,2-5H2,1H3;;;. The number of rotatable bonds is 1. The van der Waals surface area contributed by atoms with Crippen molar-refractivity contribution < 1.29 is 9.53 Å². The van der Waals surface area contributed by atoms with Crippen molar-refractivity contribution in [1.29, 1.82) is 0 Å². The molecule has 1 fully saturated rings. The van der Waals surface area contributed by atoms with Crippen molar-refractivity contribution in [3.63, 3.8) is 0 Å². The van der Waals surface area contributed by atoms with E-state index in [2.05, 4.69) is 4.74 Å². The predicted octanol–water partition coefficient (Wildman–Crippen LogP) is 0.433. The summed E-state index contributed by atoms with van der Waals surface area (Å²) in [6.45, 7) is 0. The van der Waals surface area contributed by atoms with E-state index in [0.29, 0.717) is 0 Å². The zero-order valence-electron chi connectivity index (χ0n) is 5.72. The maximum atomic E-state index is 10.8. The van der Waals surface area contributed by atoms with E-state index in [1.54, 1.807) is 0 Å². The maximum absolute atomic E-state index is 10.8. The zero-order valence-corrected chi connectivity index (χ0v) is 5.72. The van der Waals surface area contributed by atoms with Gasteiger partial charge in [-0.25, -0.2) is 0 Å². The van der Waals surface area contributed by atoms with Gasteiger partial charge in [0.05, 0.1) is 13.0 Å². The van der Waals surface area contributed by atoms with E-state index in [0.717, 1.165) is 12.8 Å². The fraction of sp³-hybridized carbons (Fsp3) is 0.857. The van der Waals surface area contributed by atoms with Crippen LogP contribution in [0.1, 0.15) is 25.7 Å². The van der Waals surface area contributed by atoms with Gasteiger partial charge in [-0.05, 0) is 12.8 Å². The summed E-state index contributed by atoms with van der Waals surface area (Å²) in [5.41, 5.74) is 0. The molecule has 1 aliphatic rings. The summed E-state index contributed by atoms with van der Waals surface area (Å²) in [5, 5.41) is 0. The third-order valence-electron chi connectivity index (χ3n) is 1.89. The van der Waals surface area contributed by atoms with Crippen LogP contribution >= 0.6 is 0 Å². The minimum atomic E-state index is -0.0208. The number of hydrogen-bond donors (Lipinski definition) is 0. The summed E-state index contributed by atoms with van der Waals surface area (Å²) in [7, 11) is 1.46. The Morgan fingerprint density at radius 2 is 1.90 bits per heavy atom. The van der Waals surface area contributed by atoms with Gasteiger partial charge in [-0.1, -0.05) is 12.8 Å². The SMILES string of the molecule is COC(=O)C1CCCC1.[CaH2]. The van der Waals surface area contributed by atoms with Crippen LogP contribution in [-0.2, 0) is 9.53 Å². The molecular weight excluding hydrogens is 156 g/mol. The molecule has 0 spiro atoms. The average Bonchev–Trinajstić information content (AvgIpc) is 2.37. The molecule has 1 rings (SSSR count). The molecule has 3 heteroatoms. The molecule has 0 heterocycles. The Labute approximate surface area is 91.3 Å². The van der Waals surface area contributed by atoms with Crippen LogP contribution in [0.25, 0.3) is 0 Å². The van der Waals surface area contributed by atoms with Crippen molar-refractivity contribution in [2.24, 2.45) is 5.92 Å². The summed E-state index contributed by atoms with van der Waals surface area (Å²) < 4.78 is 4.60. The van der Waals surface area contributed by atoms with Crippen molar-refractivity contribution in [2.45, 2.75) is 25.7 Å². The molecule has 1 aliphatic carbocycles. The van der Waals surface area contributed by atoms with E-state index in [9.17, 15) is 4.79 Å². The quantitative estimate of drug-likeness (QED) is 0.421. The predicted molar refractivity (Wildman–Crippen MR) is 42.5 cm³/mol. The Kier molecular flexibility index (Phi) is 5.78. The Morgan fingerprint density at radius 1 is 1.40 bits per heavy atom. The zero-order chi connectivity index (χ0) is 6.69. The van der Waals surface area contributed by atoms with Crippen LogP contribution in [0, 0.1) is 5.92 Å². The molecule has 0 unspecified atom stereocenters. The third kappa shape index (κ3) is 2.77. The molecule has 10 heavy (non-hydrogen) atoms. The van der Waals surface area contributed by atoms with Gasteiger partial charge in [0.25, 0.3) is 0 Å². The molecule has 0 aliphatic heterocycles. The first-order valence-electron chi connectivity index (χ1n) is 3.42.